The zero-order valence-electron chi connectivity index (χ0n) is 12.0. The summed E-state index contributed by atoms with van der Waals surface area (Å²) in [7, 11) is 1.63. The lowest BCUT2D eigenvalue weighted by Crippen LogP contribution is -2.05. The van der Waals surface area contributed by atoms with E-state index in [-0.39, 0.29) is 0 Å². The monoisotopic (exact) mass is 286 g/mol. The molecule has 0 bridgehead atoms. The van der Waals surface area contributed by atoms with E-state index in [2.05, 4.69) is 0 Å². The number of benzene rings is 2. The molecule has 21 heavy (non-hydrogen) atoms. The number of rotatable bonds is 8. The third-order valence-corrected chi connectivity index (χ3v) is 2.88. The predicted molar refractivity (Wildman–Crippen MR) is 80.4 cm³/mol. The number of hydrogen-bond donors (Lipinski definition) is 0. The molecule has 0 spiro atoms. The van der Waals surface area contributed by atoms with Crippen LogP contribution in [0.5, 0.6) is 17.2 Å². The fraction of sp³-hybridized carbons (Fsp3) is 0.235. The summed E-state index contributed by atoms with van der Waals surface area (Å²) in [6, 6.07) is 14.5. The summed E-state index contributed by atoms with van der Waals surface area (Å²) >= 11 is 0. The van der Waals surface area contributed by atoms with Crippen molar-refractivity contribution < 1.29 is 19.0 Å². The van der Waals surface area contributed by atoms with E-state index in [1.54, 1.807) is 25.3 Å². The van der Waals surface area contributed by atoms with Crippen LogP contribution >= 0.6 is 0 Å². The third-order valence-electron chi connectivity index (χ3n) is 2.88. The molecule has 0 aromatic heterocycles. The zero-order chi connectivity index (χ0) is 14.9. The molecule has 0 amide bonds. The van der Waals surface area contributed by atoms with Crippen molar-refractivity contribution in [2.24, 2.45) is 0 Å². The molecule has 0 atom stereocenters. The van der Waals surface area contributed by atoms with E-state index in [1.165, 1.54) is 0 Å². The van der Waals surface area contributed by atoms with E-state index in [1.807, 2.05) is 30.3 Å². The molecule has 0 saturated carbocycles. The van der Waals surface area contributed by atoms with Crippen LogP contribution in [0, 0.1) is 0 Å². The predicted octanol–water partition coefficient (Wildman–Crippen LogP) is 3.36. The van der Waals surface area contributed by atoms with Crippen molar-refractivity contribution in [3.8, 4) is 17.2 Å². The molecule has 2 aromatic carbocycles. The van der Waals surface area contributed by atoms with Crippen LogP contribution in [0.2, 0.25) is 0 Å². The SMILES string of the molecule is COc1ccc(OCCCOc2cccc(C=O)c2)cc1. The van der Waals surface area contributed by atoms with Crippen molar-refractivity contribution in [2.75, 3.05) is 20.3 Å². The van der Waals surface area contributed by atoms with Gasteiger partial charge in [-0.2, -0.15) is 0 Å². The molecular formula is C17H18O4. The Kier molecular flexibility index (Phi) is 5.64. The minimum atomic E-state index is 0.540. The van der Waals surface area contributed by atoms with Gasteiger partial charge in [0.2, 0.25) is 0 Å². The molecule has 0 fully saturated rings. The highest BCUT2D eigenvalue weighted by Gasteiger charge is 1.98. The summed E-state index contributed by atoms with van der Waals surface area (Å²) in [4.78, 5) is 10.7. The van der Waals surface area contributed by atoms with Crippen molar-refractivity contribution in [3.05, 3.63) is 54.1 Å². The quantitative estimate of drug-likeness (QED) is 0.551. The Hall–Kier alpha value is -2.49. The standard InChI is InChI=1S/C17H18O4/c1-19-15-6-8-16(9-7-15)20-10-3-11-21-17-5-2-4-14(12-17)13-18/h2,4-9,12-13H,3,10-11H2,1H3. The van der Waals surface area contributed by atoms with Crippen LogP contribution in [0.25, 0.3) is 0 Å². The summed E-state index contributed by atoms with van der Waals surface area (Å²) in [5.74, 6) is 2.31. The molecule has 4 nitrogen and oxygen atoms in total. The topological polar surface area (TPSA) is 44.8 Å². The van der Waals surface area contributed by atoms with Gasteiger partial charge in [-0.1, -0.05) is 12.1 Å². The van der Waals surface area contributed by atoms with Gasteiger partial charge in [0.1, 0.15) is 23.5 Å². The maximum absolute atomic E-state index is 10.7. The lowest BCUT2D eigenvalue weighted by molar-refractivity contribution is 0.112. The van der Waals surface area contributed by atoms with Gasteiger partial charge in [-0.25, -0.2) is 0 Å². The van der Waals surface area contributed by atoms with Gasteiger partial charge < -0.3 is 14.2 Å². The lowest BCUT2D eigenvalue weighted by atomic mass is 10.2. The molecule has 0 aliphatic carbocycles. The molecule has 0 saturated heterocycles. The first-order valence-corrected chi connectivity index (χ1v) is 6.77. The van der Waals surface area contributed by atoms with Crippen LogP contribution in [0.4, 0.5) is 0 Å². The maximum atomic E-state index is 10.7. The summed E-state index contributed by atoms with van der Waals surface area (Å²) in [6.07, 6.45) is 1.57. The normalized spacial score (nSPS) is 9.95. The molecule has 2 rings (SSSR count). The van der Waals surface area contributed by atoms with Crippen LogP contribution in [0.3, 0.4) is 0 Å². The van der Waals surface area contributed by atoms with E-state index in [4.69, 9.17) is 14.2 Å². The fourth-order valence-electron chi connectivity index (χ4n) is 1.79. The lowest BCUT2D eigenvalue weighted by Gasteiger charge is -2.08. The highest BCUT2D eigenvalue weighted by atomic mass is 16.5. The first-order chi connectivity index (χ1) is 10.3. The number of hydrogen-bond acceptors (Lipinski definition) is 4. The van der Waals surface area contributed by atoms with E-state index < -0.39 is 0 Å². The van der Waals surface area contributed by atoms with Gasteiger partial charge >= 0.3 is 0 Å². The number of methoxy groups -OCH3 is 1. The van der Waals surface area contributed by atoms with Gasteiger partial charge in [0, 0.05) is 12.0 Å². The minimum absolute atomic E-state index is 0.540. The van der Waals surface area contributed by atoms with Gasteiger partial charge in [0.15, 0.2) is 0 Å². The smallest absolute Gasteiger partial charge is 0.150 e. The number of carbonyl (C=O) groups excluding carboxylic acids is 1. The third kappa shape index (κ3) is 4.84. The molecule has 4 heteroatoms. The summed E-state index contributed by atoms with van der Waals surface area (Å²) < 4.78 is 16.2. The van der Waals surface area contributed by atoms with Crippen molar-refractivity contribution in [3.63, 3.8) is 0 Å². The van der Waals surface area contributed by atoms with Crippen LogP contribution < -0.4 is 14.2 Å². The average Bonchev–Trinajstić information content (AvgIpc) is 2.55. The molecule has 0 heterocycles. The van der Waals surface area contributed by atoms with Crippen molar-refractivity contribution in [2.45, 2.75) is 6.42 Å². The molecule has 2 aromatic rings. The van der Waals surface area contributed by atoms with Crippen molar-refractivity contribution >= 4 is 6.29 Å². The Morgan fingerprint density at radius 3 is 2.24 bits per heavy atom. The molecule has 110 valence electrons. The first kappa shape index (κ1) is 14.9. The van der Waals surface area contributed by atoms with Crippen molar-refractivity contribution in [1.29, 1.82) is 0 Å². The number of aldehydes is 1. The van der Waals surface area contributed by atoms with Gasteiger partial charge in [0.05, 0.1) is 20.3 Å². The molecule has 0 aliphatic heterocycles. The molecule has 0 radical (unpaired) electrons. The molecule has 0 unspecified atom stereocenters. The number of ether oxygens (including phenoxy) is 3. The highest BCUT2D eigenvalue weighted by molar-refractivity contribution is 5.75. The van der Waals surface area contributed by atoms with E-state index in [9.17, 15) is 4.79 Å². The Labute approximate surface area is 124 Å². The van der Waals surface area contributed by atoms with Crippen LogP contribution in [-0.2, 0) is 0 Å². The zero-order valence-corrected chi connectivity index (χ0v) is 12.0. The van der Waals surface area contributed by atoms with Gasteiger partial charge in [-0.15, -0.1) is 0 Å². The van der Waals surface area contributed by atoms with E-state index in [0.29, 0.717) is 24.5 Å². The molecule has 0 aliphatic rings. The first-order valence-electron chi connectivity index (χ1n) is 6.77. The summed E-state index contributed by atoms with van der Waals surface area (Å²) in [6.45, 7) is 1.11. The second-order valence-corrected chi connectivity index (χ2v) is 4.42. The van der Waals surface area contributed by atoms with Crippen LogP contribution in [0.15, 0.2) is 48.5 Å². The van der Waals surface area contributed by atoms with Gasteiger partial charge in [0.25, 0.3) is 0 Å². The Balaban J connectivity index is 1.68. The van der Waals surface area contributed by atoms with Crippen LogP contribution in [0.1, 0.15) is 16.8 Å². The Morgan fingerprint density at radius 1 is 0.905 bits per heavy atom. The molecule has 0 N–H and O–H groups in total. The maximum Gasteiger partial charge on any atom is 0.150 e. The minimum Gasteiger partial charge on any atom is -0.497 e. The van der Waals surface area contributed by atoms with E-state index >= 15 is 0 Å². The Bertz CT molecular complexity index is 563. The van der Waals surface area contributed by atoms with E-state index in [0.717, 1.165) is 24.2 Å². The van der Waals surface area contributed by atoms with Gasteiger partial charge in [-0.05, 0) is 36.4 Å². The summed E-state index contributed by atoms with van der Waals surface area (Å²) in [5.41, 5.74) is 0.613. The fourth-order valence-corrected chi connectivity index (χ4v) is 1.79. The molecular weight excluding hydrogens is 268 g/mol. The average molecular weight is 286 g/mol. The number of carbonyl (C=O) groups is 1. The second kappa shape index (κ2) is 7.94. The van der Waals surface area contributed by atoms with Crippen LogP contribution in [-0.4, -0.2) is 26.6 Å². The van der Waals surface area contributed by atoms with Crippen molar-refractivity contribution in [1.82, 2.24) is 0 Å². The second-order valence-electron chi connectivity index (χ2n) is 4.42. The highest BCUT2D eigenvalue weighted by Crippen LogP contribution is 2.17. The summed E-state index contributed by atoms with van der Waals surface area (Å²) in [5, 5.41) is 0. The Morgan fingerprint density at radius 2 is 1.57 bits per heavy atom. The van der Waals surface area contributed by atoms with Gasteiger partial charge in [-0.3, -0.25) is 4.79 Å². The largest absolute Gasteiger partial charge is 0.497 e.